The molecule has 82 valence electrons. The number of carbonyl (C=O) groups excluding carboxylic acids is 1. The molecular formula is C12H23NO. The van der Waals surface area contributed by atoms with Gasteiger partial charge >= 0.3 is 0 Å². The smallest absolute Gasteiger partial charge is 0.159 e. The molecule has 0 amide bonds. The van der Waals surface area contributed by atoms with Crippen LogP contribution in [0.5, 0.6) is 0 Å². The van der Waals surface area contributed by atoms with Gasteiger partial charge in [0.05, 0.1) is 0 Å². The van der Waals surface area contributed by atoms with Crippen LogP contribution in [0.3, 0.4) is 0 Å². The highest BCUT2D eigenvalue weighted by Gasteiger charge is 1.97. The first kappa shape index (κ1) is 15.6. The van der Waals surface area contributed by atoms with Gasteiger partial charge in [-0.05, 0) is 34.2 Å². The molecule has 0 aromatic carbocycles. The highest BCUT2D eigenvalue weighted by Crippen LogP contribution is 2.05. The SMILES string of the molecule is CCC/C=C(\C=C(C)C)C(C)=O.CN. The lowest BCUT2D eigenvalue weighted by atomic mass is 10.1. The third kappa shape index (κ3) is 9.20. The number of nitrogens with two attached hydrogens (primary N) is 1. The van der Waals surface area contributed by atoms with E-state index in [1.807, 2.05) is 26.0 Å². The van der Waals surface area contributed by atoms with Crippen LogP contribution in [-0.2, 0) is 4.79 Å². The van der Waals surface area contributed by atoms with Gasteiger partial charge in [-0.15, -0.1) is 0 Å². The van der Waals surface area contributed by atoms with Crippen molar-refractivity contribution in [3.05, 3.63) is 23.3 Å². The molecule has 0 saturated heterocycles. The number of unbranched alkanes of at least 4 members (excludes halogenated alkanes) is 1. The van der Waals surface area contributed by atoms with E-state index in [2.05, 4.69) is 12.7 Å². The number of allylic oxidation sites excluding steroid dienone is 4. The van der Waals surface area contributed by atoms with Gasteiger partial charge in [0, 0.05) is 5.57 Å². The van der Waals surface area contributed by atoms with E-state index in [0.29, 0.717) is 0 Å². The number of carbonyl (C=O) groups is 1. The van der Waals surface area contributed by atoms with Crippen molar-refractivity contribution < 1.29 is 4.79 Å². The van der Waals surface area contributed by atoms with Crippen LogP contribution in [0.4, 0.5) is 0 Å². The monoisotopic (exact) mass is 197 g/mol. The molecule has 0 aromatic rings. The van der Waals surface area contributed by atoms with Gasteiger partial charge in [0.15, 0.2) is 5.78 Å². The Bertz CT molecular complexity index is 210. The van der Waals surface area contributed by atoms with Crippen LogP contribution in [0.2, 0.25) is 0 Å². The van der Waals surface area contributed by atoms with Crippen molar-refractivity contribution in [1.29, 1.82) is 0 Å². The third-order valence-corrected chi connectivity index (χ3v) is 1.50. The first-order chi connectivity index (χ1) is 6.57. The molecule has 2 N–H and O–H groups in total. The van der Waals surface area contributed by atoms with Crippen LogP contribution < -0.4 is 5.73 Å². The normalized spacial score (nSPS) is 10.0. The molecule has 0 aliphatic rings. The molecule has 0 spiro atoms. The summed E-state index contributed by atoms with van der Waals surface area (Å²) in [6.45, 7) is 7.73. The van der Waals surface area contributed by atoms with Crippen molar-refractivity contribution in [3.63, 3.8) is 0 Å². The molecule has 0 aliphatic heterocycles. The van der Waals surface area contributed by atoms with Gasteiger partial charge in [-0.2, -0.15) is 0 Å². The molecule has 0 saturated carbocycles. The molecule has 14 heavy (non-hydrogen) atoms. The Morgan fingerprint density at radius 2 is 1.71 bits per heavy atom. The summed E-state index contributed by atoms with van der Waals surface area (Å²) in [6, 6.07) is 0. The predicted octanol–water partition coefficient (Wildman–Crippen LogP) is 2.84. The minimum absolute atomic E-state index is 0.157. The Balaban J connectivity index is 0. The fourth-order valence-electron chi connectivity index (χ4n) is 0.915. The molecule has 0 rings (SSSR count). The zero-order valence-corrected chi connectivity index (χ0v) is 10.1. The molecule has 0 bridgehead atoms. The number of rotatable bonds is 4. The first-order valence-corrected chi connectivity index (χ1v) is 5.01. The van der Waals surface area contributed by atoms with Gasteiger partial charge in [0.25, 0.3) is 0 Å². The topological polar surface area (TPSA) is 43.1 Å². The van der Waals surface area contributed by atoms with Crippen molar-refractivity contribution in [2.45, 2.75) is 40.5 Å². The Kier molecular flexibility index (Phi) is 11.3. The van der Waals surface area contributed by atoms with E-state index in [1.165, 1.54) is 12.6 Å². The van der Waals surface area contributed by atoms with Gasteiger partial charge in [-0.3, -0.25) is 4.79 Å². The van der Waals surface area contributed by atoms with E-state index in [1.54, 1.807) is 6.92 Å². The molecule has 0 aliphatic carbocycles. The van der Waals surface area contributed by atoms with E-state index in [9.17, 15) is 4.79 Å². The average Bonchev–Trinajstić information content (AvgIpc) is 2.14. The largest absolute Gasteiger partial charge is 0.333 e. The highest BCUT2D eigenvalue weighted by molar-refractivity contribution is 5.96. The van der Waals surface area contributed by atoms with Crippen LogP contribution in [0.25, 0.3) is 0 Å². The molecule has 0 aromatic heterocycles. The molecule has 2 nitrogen and oxygen atoms in total. The van der Waals surface area contributed by atoms with Gasteiger partial charge < -0.3 is 5.73 Å². The van der Waals surface area contributed by atoms with Crippen LogP contribution in [0.1, 0.15) is 40.5 Å². The van der Waals surface area contributed by atoms with E-state index in [-0.39, 0.29) is 5.78 Å². The summed E-state index contributed by atoms with van der Waals surface area (Å²) in [7, 11) is 1.50. The Morgan fingerprint density at radius 1 is 1.21 bits per heavy atom. The van der Waals surface area contributed by atoms with Gasteiger partial charge in [0.1, 0.15) is 0 Å². The Hall–Kier alpha value is -0.890. The number of hydrogen-bond donors (Lipinski definition) is 1. The lowest BCUT2D eigenvalue weighted by molar-refractivity contribution is -0.113. The van der Waals surface area contributed by atoms with Gasteiger partial charge in [-0.1, -0.05) is 31.1 Å². The number of hydrogen-bond acceptors (Lipinski definition) is 2. The maximum atomic E-state index is 11.1. The molecule has 2 heteroatoms. The summed E-state index contributed by atoms with van der Waals surface area (Å²) < 4.78 is 0. The van der Waals surface area contributed by atoms with E-state index < -0.39 is 0 Å². The molecular weight excluding hydrogens is 174 g/mol. The summed E-state index contributed by atoms with van der Waals surface area (Å²) >= 11 is 0. The third-order valence-electron chi connectivity index (χ3n) is 1.50. The molecule has 0 fully saturated rings. The van der Waals surface area contributed by atoms with Crippen molar-refractivity contribution in [3.8, 4) is 0 Å². The van der Waals surface area contributed by atoms with Crippen LogP contribution >= 0.6 is 0 Å². The summed E-state index contributed by atoms with van der Waals surface area (Å²) in [5.41, 5.74) is 6.52. The summed E-state index contributed by atoms with van der Waals surface area (Å²) in [5, 5.41) is 0. The Morgan fingerprint density at radius 3 is 2.00 bits per heavy atom. The maximum absolute atomic E-state index is 11.1. The van der Waals surface area contributed by atoms with Crippen LogP contribution in [0, 0.1) is 0 Å². The summed E-state index contributed by atoms with van der Waals surface area (Å²) in [4.78, 5) is 11.1. The van der Waals surface area contributed by atoms with Gasteiger partial charge in [-0.25, -0.2) is 0 Å². The van der Waals surface area contributed by atoms with Crippen LogP contribution in [-0.4, -0.2) is 12.8 Å². The molecule has 0 atom stereocenters. The Labute approximate surface area is 87.9 Å². The van der Waals surface area contributed by atoms with Gasteiger partial charge in [0.2, 0.25) is 0 Å². The predicted molar refractivity (Wildman–Crippen MR) is 63.2 cm³/mol. The van der Waals surface area contributed by atoms with Crippen molar-refractivity contribution >= 4 is 5.78 Å². The number of ketones is 1. The van der Waals surface area contributed by atoms with E-state index in [0.717, 1.165) is 18.4 Å². The van der Waals surface area contributed by atoms with Crippen molar-refractivity contribution in [1.82, 2.24) is 0 Å². The number of Topliss-reactive ketones (excluding diaryl/α,β-unsaturated/α-hetero) is 1. The average molecular weight is 197 g/mol. The molecule has 0 heterocycles. The quantitative estimate of drug-likeness (QED) is 0.556. The first-order valence-electron chi connectivity index (χ1n) is 5.01. The second-order valence-electron chi connectivity index (χ2n) is 3.23. The van der Waals surface area contributed by atoms with Crippen LogP contribution in [0.15, 0.2) is 23.3 Å². The lowest BCUT2D eigenvalue weighted by Gasteiger charge is -1.97. The van der Waals surface area contributed by atoms with Crippen molar-refractivity contribution in [2.75, 3.05) is 7.05 Å². The summed E-state index contributed by atoms with van der Waals surface area (Å²) in [5.74, 6) is 0.157. The summed E-state index contributed by atoms with van der Waals surface area (Å²) in [6.07, 6.45) is 6.03. The minimum Gasteiger partial charge on any atom is -0.333 e. The van der Waals surface area contributed by atoms with Crippen molar-refractivity contribution in [2.24, 2.45) is 5.73 Å². The standard InChI is InChI=1S/C11H18O.CH5N/c1-5-6-7-11(10(4)12)8-9(2)3;1-2/h7-8H,5-6H2,1-4H3;2H2,1H3/b11-7+;. The molecule has 0 radical (unpaired) electrons. The fourth-order valence-corrected chi connectivity index (χ4v) is 0.915. The van der Waals surface area contributed by atoms with E-state index in [4.69, 9.17) is 0 Å². The fraction of sp³-hybridized carbons (Fsp3) is 0.583. The highest BCUT2D eigenvalue weighted by atomic mass is 16.1. The lowest BCUT2D eigenvalue weighted by Crippen LogP contribution is -1.93. The second-order valence-corrected chi connectivity index (χ2v) is 3.23. The molecule has 0 unspecified atom stereocenters. The second kappa shape index (κ2) is 10.2. The van der Waals surface area contributed by atoms with E-state index >= 15 is 0 Å². The minimum atomic E-state index is 0.157. The zero-order valence-electron chi connectivity index (χ0n) is 10.1. The zero-order chi connectivity index (χ0) is 11.6. The maximum Gasteiger partial charge on any atom is 0.159 e.